The Morgan fingerprint density at radius 1 is 0.852 bits per heavy atom. The van der Waals surface area contributed by atoms with Crippen LogP contribution in [0.3, 0.4) is 0 Å². The van der Waals surface area contributed by atoms with Gasteiger partial charge in [0.15, 0.2) is 17.5 Å². The van der Waals surface area contributed by atoms with Crippen LogP contribution in [-0.2, 0) is 6.42 Å². The van der Waals surface area contributed by atoms with Gasteiger partial charge >= 0.3 is 0 Å². The molecule has 0 atom stereocenters. The topological polar surface area (TPSA) is 0 Å². The highest BCUT2D eigenvalue weighted by molar-refractivity contribution is 6.58. The van der Waals surface area contributed by atoms with Gasteiger partial charge in [-0.15, -0.1) is 0 Å². The number of unbranched alkanes of at least 4 members (excludes halogenated alkanes) is 1. The van der Waals surface area contributed by atoms with Gasteiger partial charge in [0, 0.05) is 8.80 Å². The second-order valence-electron chi connectivity index (χ2n) is 9.09. The van der Waals surface area contributed by atoms with Crippen molar-refractivity contribution in [2.75, 3.05) is 0 Å². The van der Waals surface area contributed by atoms with Crippen molar-refractivity contribution in [3.05, 3.63) is 35.1 Å². The van der Waals surface area contributed by atoms with E-state index in [2.05, 4.69) is 6.92 Å². The smallest absolute Gasteiger partial charge is 0.194 e. The molecule has 152 valence electrons. The number of hydrogen-bond acceptors (Lipinski definition) is 0. The molecule has 1 saturated heterocycles. The molecule has 0 radical (unpaired) electrons. The number of aryl methyl sites for hydroxylation is 1. The first-order chi connectivity index (χ1) is 13.1. The molecule has 1 aliphatic heterocycles. The van der Waals surface area contributed by atoms with Crippen LogP contribution in [0.15, 0.2) is 12.1 Å². The Balaban J connectivity index is 1.32. The maximum absolute atomic E-state index is 13.3. The first kappa shape index (κ1) is 20.9. The van der Waals surface area contributed by atoms with Crippen LogP contribution in [0.5, 0.6) is 0 Å². The van der Waals surface area contributed by atoms with E-state index in [1.807, 2.05) is 0 Å². The molecule has 1 saturated carbocycles. The fourth-order valence-corrected chi connectivity index (χ4v) is 8.43. The van der Waals surface area contributed by atoms with Crippen molar-refractivity contribution in [2.24, 2.45) is 17.8 Å². The normalized spacial score (nSPS) is 29.0. The Bertz CT molecular complexity index is 564. The zero-order valence-electron chi connectivity index (χ0n) is 16.8. The Kier molecular flexibility index (Phi) is 7.86. The Hall–Kier alpha value is -0.773. The molecule has 1 aliphatic carbocycles. The quantitative estimate of drug-likeness (QED) is 0.258. The molecule has 1 aromatic rings. The van der Waals surface area contributed by atoms with Crippen LogP contribution >= 0.6 is 0 Å². The van der Waals surface area contributed by atoms with Crippen molar-refractivity contribution in [3.63, 3.8) is 0 Å². The lowest BCUT2D eigenvalue weighted by Crippen LogP contribution is -2.28. The molecule has 0 unspecified atom stereocenters. The van der Waals surface area contributed by atoms with E-state index in [1.54, 1.807) is 12.1 Å². The molecular formula is C23H35F3Si. The molecule has 2 aliphatic rings. The third kappa shape index (κ3) is 5.85. The summed E-state index contributed by atoms with van der Waals surface area (Å²) in [4.78, 5) is 0. The minimum atomic E-state index is -1.36. The minimum absolute atomic E-state index is 0.333. The maximum atomic E-state index is 13.3. The van der Waals surface area contributed by atoms with Gasteiger partial charge in [0.25, 0.3) is 0 Å². The number of hydrogen-bond donors (Lipinski definition) is 0. The number of benzene rings is 1. The standard InChI is InChI=1S/C23H35F3Si/c1-2-27-13-11-20(12-14-27)19-9-7-17(8-10-19)5-3-4-6-18-15-21(24)23(26)22(25)16-18/h15-17,19-20,27H,2-14H2,1H3. The van der Waals surface area contributed by atoms with Crippen molar-refractivity contribution in [1.29, 1.82) is 0 Å². The predicted molar refractivity (Wildman–Crippen MR) is 109 cm³/mol. The molecule has 0 spiro atoms. The molecule has 3 rings (SSSR count). The van der Waals surface area contributed by atoms with Crippen LogP contribution < -0.4 is 0 Å². The Morgan fingerprint density at radius 2 is 1.44 bits per heavy atom. The van der Waals surface area contributed by atoms with Gasteiger partial charge in [-0.05, 0) is 61.1 Å². The van der Waals surface area contributed by atoms with Crippen molar-refractivity contribution in [3.8, 4) is 0 Å². The average Bonchev–Trinajstić information content (AvgIpc) is 2.70. The lowest BCUT2D eigenvalue weighted by molar-refractivity contribution is 0.184. The van der Waals surface area contributed by atoms with Crippen molar-refractivity contribution >= 4 is 8.80 Å². The van der Waals surface area contributed by atoms with Crippen LogP contribution in [0.4, 0.5) is 13.2 Å². The molecule has 1 aromatic carbocycles. The van der Waals surface area contributed by atoms with Gasteiger partial charge in [-0.3, -0.25) is 0 Å². The third-order valence-corrected chi connectivity index (χ3v) is 10.9. The molecule has 2 fully saturated rings. The summed E-state index contributed by atoms with van der Waals surface area (Å²) in [7, 11) is -0.333. The molecule has 0 bridgehead atoms. The fraction of sp³-hybridized carbons (Fsp3) is 0.739. The maximum Gasteiger partial charge on any atom is 0.194 e. The molecule has 27 heavy (non-hydrogen) atoms. The summed E-state index contributed by atoms with van der Waals surface area (Å²) in [5, 5.41) is 0. The molecule has 0 N–H and O–H groups in total. The van der Waals surface area contributed by atoms with Crippen molar-refractivity contribution in [1.82, 2.24) is 0 Å². The lowest BCUT2D eigenvalue weighted by Gasteiger charge is -2.37. The van der Waals surface area contributed by atoms with Crippen LogP contribution in [0, 0.1) is 35.2 Å². The molecule has 0 aromatic heterocycles. The first-order valence-corrected chi connectivity index (χ1v) is 13.6. The Labute approximate surface area is 164 Å². The van der Waals surface area contributed by atoms with E-state index in [-0.39, 0.29) is 8.80 Å². The minimum Gasteiger partial charge on any atom is -0.204 e. The second kappa shape index (κ2) is 10.1. The van der Waals surface area contributed by atoms with Gasteiger partial charge in [-0.1, -0.05) is 63.6 Å². The largest absolute Gasteiger partial charge is 0.204 e. The monoisotopic (exact) mass is 396 g/mol. The average molecular weight is 397 g/mol. The van der Waals surface area contributed by atoms with E-state index >= 15 is 0 Å². The molecule has 1 heterocycles. The van der Waals surface area contributed by atoms with Gasteiger partial charge in [0.2, 0.25) is 0 Å². The van der Waals surface area contributed by atoms with E-state index in [0.29, 0.717) is 12.0 Å². The van der Waals surface area contributed by atoms with E-state index in [0.717, 1.165) is 42.7 Å². The van der Waals surface area contributed by atoms with Gasteiger partial charge in [-0.2, -0.15) is 0 Å². The predicted octanol–water partition coefficient (Wildman–Crippen LogP) is 7.28. The summed E-state index contributed by atoms with van der Waals surface area (Å²) >= 11 is 0. The van der Waals surface area contributed by atoms with Gasteiger partial charge in [0.05, 0.1) is 0 Å². The number of halogens is 3. The summed E-state index contributed by atoms with van der Waals surface area (Å²) in [6, 6.07) is 6.95. The first-order valence-electron chi connectivity index (χ1n) is 11.2. The van der Waals surface area contributed by atoms with Crippen molar-refractivity contribution in [2.45, 2.75) is 89.3 Å². The van der Waals surface area contributed by atoms with E-state index in [4.69, 9.17) is 0 Å². The SMILES string of the molecule is CC[SiH]1CCC(C2CCC(CCCCc3cc(F)c(F)c(F)c3)CC2)CC1. The lowest BCUT2D eigenvalue weighted by atomic mass is 9.73. The van der Waals surface area contributed by atoms with E-state index < -0.39 is 17.5 Å². The van der Waals surface area contributed by atoms with Gasteiger partial charge in [0.1, 0.15) is 0 Å². The summed E-state index contributed by atoms with van der Waals surface area (Å²) in [6.07, 6.45) is 12.5. The van der Waals surface area contributed by atoms with Crippen LogP contribution in [0.1, 0.15) is 70.3 Å². The van der Waals surface area contributed by atoms with Crippen molar-refractivity contribution < 1.29 is 13.2 Å². The second-order valence-corrected chi connectivity index (χ2v) is 12.8. The highest BCUT2D eigenvalue weighted by Crippen LogP contribution is 2.41. The highest BCUT2D eigenvalue weighted by Gasteiger charge is 2.30. The number of rotatable bonds is 7. The molecule has 0 amide bonds. The van der Waals surface area contributed by atoms with Crippen LogP contribution in [0.2, 0.25) is 18.1 Å². The van der Waals surface area contributed by atoms with Crippen LogP contribution in [0.25, 0.3) is 0 Å². The van der Waals surface area contributed by atoms with Gasteiger partial charge in [-0.25, -0.2) is 13.2 Å². The third-order valence-electron chi connectivity index (χ3n) is 7.40. The van der Waals surface area contributed by atoms with Gasteiger partial charge < -0.3 is 0 Å². The van der Waals surface area contributed by atoms with E-state index in [9.17, 15) is 13.2 Å². The summed E-state index contributed by atoms with van der Waals surface area (Å²) in [6.45, 7) is 2.39. The van der Waals surface area contributed by atoms with Crippen LogP contribution in [-0.4, -0.2) is 8.80 Å². The zero-order valence-corrected chi connectivity index (χ0v) is 17.9. The summed E-state index contributed by atoms with van der Waals surface area (Å²) < 4.78 is 39.5. The fourth-order valence-electron chi connectivity index (χ4n) is 5.53. The summed E-state index contributed by atoms with van der Waals surface area (Å²) in [5.74, 6) is -0.661. The van der Waals surface area contributed by atoms with E-state index in [1.165, 1.54) is 51.0 Å². The summed E-state index contributed by atoms with van der Waals surface area (Å²) in [5.41, 5.74) is 0.571. The highest BCUT2D eigenvalue weighted by atomic mass is 28.3. The molecule has 0 nitrogen and oxygen atoms in total. The zero-order chi connectivity index (χ0) is 19.2. The Morgan fingerprint density at radius 3 is 2.04 bits per heavy atom. The molecule has 4 heteroatoms. The molecular weight excluding hydrogens is 361 g/mol.